The quantitative estimate of drug-likeness (QED) is 0.588. The molecule has 6 heteroatoms. The van der Waals surface area contributed by atoms with Crippen LogP contribution in [0, 0.1) is 6.92 Å². The SMILES string of the molecule is CCn1nc(C)c(N)c1C(=O)OCCCCOC. The number of nitrogens with zero attached hydrogens (tertiary/aromatic N) is 2. The molecule has 0 atom stereocenters. The lowest BCUT2D eigenvalue weighted by atomic mass is 10.3. The molecule has 0 saturated carbocycles. The Morgan fingerprint density at radius 3 is 2.67 bits per heavy atom. The van der Waals surface area contributed by atoms with Crippen molar-refractivity contribution < 1.29 is 14.3 Å². The molecule has 18 heavy (non-hydrogen) atoms. The monoisotopic (exact) mass is 255 g/mol. The summed E-state index contributed by atoms with van der Waals surface area (Å²) in [6.07, 6.45) is 1.64. The van der Waals surface area contributed by atoms with E-state index in [-0.39, 0.29) is 0 Å². The van der Waals surface area contributed by atoms with Gasteiger partial charge in [-0.05, 0) is 26.7 Å². The number of methoxy groups -OCH3 is 1. The molecule has 1 aromatic heterocycles. The Hall–Kier alpha value is -1.56. The van der Waals surface area contributed by atoms with E-state index < -0.39 is 5.97 Å². The first kappa shape index (κ1) is 14.5. The van der Waals surface area contributed by atoms with Crippen LogP contribution in [0.3, 0.4) is 0 Å². The van der Waals surface area contributed by atoms with Gasteiger partial charge in [0, 0.05) is 20.3 Å². The van der Waals surface area contributed by atoms with E-state index in [1.54, 1.807) is 18.7 Å². The van der Waals surface area contributed by atoms with Crippen LogP contribution in [0.4, 0.5) is 5.69 Å². The Bertz CT molecular complexity index is 402. The lowest BCUT2D eigenvalue weighted by molar-refractivity contribution is 0.0476. The molecule has 0 amide bonds. The van der Waals surface area contributed by atoms with Gasteiger partial charge >= 0.3 is 5.97 Å². The molecule has 0 spiro atoms. The fourth-order valence-electron chi connectivity index (χ4n) is 1.62. The average Bonchev–Trinajstić information content (AvgIpc) is 2.65. The lowest BCUT2D eigenvalue weighted by Crippen LogP contribution is -2.15. The third kappa shape index (κ3) is 3.46. The van der Waals surface area contributed by atoms with Crippen molar-refractivity contribution in [3.05, 3.63) is 11.4 Å². The van der Waals surface area contributed by atoms with E-state index in [9.17, 15) is 4.79 Å². The van der Waals surface area contributed by atoms with Gasteiger partial charge in [0.25, 0.3) is 0 Å². The van der Waals surface area contributed by atoms with Crippen LogP contribution >= 0.6 is 0 Å². The maximum atomic E-state index is 11.9. The van der Waals surface area contributed by atoms with E-state index in [4.69, 9.17) is 15.2 Å². The van der Waals surface area contributed by atoms with Gasteiger partial charge in [-0.1, -0.05) is 0 Å². The van der Waals surface area contributed by atoms with Gasteiger partial charge in [-0.3, -0.25) is 4.68 Å². The molecule has 1 heterocycles. The molecule has 0 radical (unpaired) electrons. The van der Waals surface area contributed by atoms with Crippen LogP contribution in [0.15, 0.2) is 0 Å². The summed E-state index contributed by atoms with van der Waals surface area (Å²) in [5, 5.41) is 4.18. The summed E-state index contributed by atoms with van der Waals surface area (Å²) >= 11 is 0. The number of aryl methyl sites for hydroxylation is 2. The maximum absolute atomic E-state index is 11.9. The molecule has 0 aromatic carbocycles. The van der Waals surface area contributed by atoms with Crippen molar-refractivity contribution in [1.29, 1.82) is 0 Å². The molecule has 2 N–H and O–H groups in total. The molecule has 1 rings (SSSR count). The van der Waals surface area contributed by atoms with Gasteiger partial charge in [0.2, 0.25) is 0 Å². The molecule has 0 unspecified atom stereocenters. The Labute approximate surface area is 107 Å². The zero-order valence-electron chi connectivity index (χ0n) is 11.2. The molecule has 6 nitrogen and oxygen atoms in total. The fourth-order valence-corrected chi connectivity index (χ4v) is 1.62. The third-order valence-electron chi connectivity index (χ3n) is 2.64. The second-order valence-electron chi connectivity index (χ2n) is 4.00. The van der Waals surface area contributed by atoms with Crippen LogP contribution in [-0.4, -0.2) is 36.1 Å². The highest BCUT2D eigenvalue weighted by Gasteiger charge is 2.20. The first-order valence-corrected chi connectivity index (χ1v) is 6.10. The minimum absolute atomic E-state index is 0.349. The zero-order chi connectivity index (χ0) is 13.5. The highest BCUT2D eigenvalue weighted by Crippen LogP contribution is 2.17. The number of carbonyl (C=O) groups excluding carboxylic acids is 1. The van der Waals surface area contributed by atoms with Gasteiger partial charge in [-0.2, -0.15) is 5.10 Å². The smallest absolute Gasteiger partial charge is 0.358 e. The number of anilines is 1. The molecule has 0 aliphatic carbocycles. The molecule has 0 aliphatic heterocycles. The number of carbonyl (C=O) groups is 1. The molecule has 102 valence electrons. The number of hydrogen-bond acceptors (Lipinski definition) is 5. The third-order valence-corrected chi connectivity index (χ3v) is 2.64. The van der Waals surface area contributed by atoms with Crippen LogP contribution in [0.2, 0.25) is 0 Å². The minimum Gasteiger partial charge on any atom is -0.461 e. The summed E-state index contributed by atoms with van der Waals surface area (Å²) in [4.78, 5) is 11.9. The molecule has 0 fully saturated rings. The predicted octanol–water partition coefficient (Wildman–Crippen LogP) is 1.38. The van der Waals surface area contributed by atoms with E-state index in [0.717, 1.165) is 12.8 Å². The first-order chi connectivity index (χ1) is 8.61. The van der Waals surface area contributed by atoms with Crippen LogP contribution < -0.4 is 5.73 Å². The Kier molecular flexibility index (Phi) is 5.64. The summed E-state index contributed by atoms with van der Waals surface area (Å²) in [6.45, 7) is 5.31. The number of nitrogen functional groups attached to an aromatic ring is 1. The highest BCUT2D eigenvalue weighted by atomic mass is 16.5. The second-order valence-corrected chi connectivity index (χ2v) is 4.00. The largest absolute Gasteiger partial charge is 0.461 e. The van der Waals surface area contributed by atoms with Crippen LogP contribution in [0.5, 0.6) is 0 Å². The zero-order valence-corrected chi connectivity index (χ0v) is 11.2. The highest BCUT2D eigenvalue weighted by molar-refractivity contribution is 5.93. The number of ether oxygens (including phenoxy) is 2. The summed E-state index contributed by atoms with van der Waals surface area (Å²) in [7, 11) is 1.65. The number of esters is 1. The van der Waals surface area contributed by atoms with E-state index in [1.165, 1.54) is 0 Å². The van der Waals surface area contributed by atoms with E-state index in [2.05, 4.69) is 5.10 Å². The fraction of sp³-hybridized carbons (Fsp3) is 0.667. The standard InChI is InChI=1S/C12H21N3O3/c1-4-15-11(10(13)9(2)14-15)12(16)18-8-6-5-7-17-3/h4-8,13H2,1-3H3. The summed E-state index contributed by atoms with van der Waals surface area (Å²) < 4.78 is 11.7. The van der Waals surface area contributed by atoms with Gasteiger partial charge in [0.1, 0.15) is 0 Å². The van der Waals surface area contributed by atoms with Gasteiger partial charge in [0.05, 0.1) is 18.0 Å². The van der Waals surface area contributed by atoms with Crippen LogP contribution in [0.1, 0.15) is 35.9 Å². The first-order valence-electron chi connectivity index (χ1n) is 6.10. The summed E-state index contributed by atoms with van der Waals surface area (Å²) in [6, 6.07) is 0. The number of aromatic nitrogens is 2. The van der Waals surface area contributed by atoms with Crippen molar-refractivity contribution in [2.75, 3.05) is 26.1 Å². The number of nitrogens with two attached hydrogens (primary N) is 1. The number of unbranched alkanes of at least 4 members (excludes halogenated alkanes) is 1. The Morgan fingerprint density at radius 2 is 2.06 bits per heavy atom. The van der Waals surface area contributed by atoms with Gasteiger partial charge in [0.15, 0.2) is 5.69 Å². The second kappa shape index (κ2) is 7.00. The van der Waals surface area contributed by atoms with Gasteiger partial charge in [-0.15, -0.1) is 0 Å². The van der Waals surface area contributed by atoms with Crippen LogP contribution in [0.25, 0.3) is 0 Å². The van der Waals surface area contributed by atoms with Crippen LogP contribution in [-0.2, 0) is 16.0 Å². The van der Waals surface area contributed by atoms with E-state index >= 15 is 0 Å². The minimum atomic E-state index is -0.410. The Morgan fingerprint density at radius 1 is 1.39 bits per heavy atom. The average molecular weight is 255 g/mol. The van der Waals surface area contributed by atoms with Gasteiger partial charge < -0.3 is 15.2 Å². The van der Waals surface area contributed by atoms with Crippen molar-refractivity contribution >= 4 is 11.7 Å². The molecule has 1 aromatic rings. The van der Waals surface area contributed by atoms with Crippen molar-refractivity contribution in [2.24, 2.45) is 0 Å². The van der Waals surface area contributed by atoms with Gasteiger partial charge in [-0.25, -0.2) is 4.79 Å². The summed E-state index contributed by atoms with van der Waals surface area (Å²) in [5.74, 6) is -0.410. The lowest BCUT2D eigenvalue weighted by Gasteiger charge is -2.06. The van der Waals surface area contributed by atoms with Crippen molar-refractivity contribution in [3.63, 3.8) is 0 Å². The number of rotatable bonds is 7. The van der Waals surface area contributed by atoms with E-state index in [0.29, 0.717) is 36.8 Å². The van der Waals surface area contributed by atoms with Crippen molar-refractivity contribution in [3.8, 4) is 0 Å². The summed E-state index contributed by atoms with van der Waals surface area (Å²) in [5.41, 5.74) is 7.23. The van der Waals surface area contributed by atoms with E-state index in [1.807, 2.05) is 6.92 Å². The molecule has 0 saturated heterocycles. The normalized spacial score (nSPS) is 10.6. The molecular formula is C12H21N3O3. The Balaban J connectivity index is 2.56. The molecule has 0 aliphatic rings. The molecule has 0 bridgehead atoms. The molecular weight excluding hydrogens is 234 g/mol. The van der Waals surface area contributed by atoms with Crippen molar-refractivity contribution in [1.82, 2.24) is 9.78 Å². The maximum Gasteiger partial charge on any atom is 0.358 e. The number of hydrogen-bond donors (Lipinski definition) is 1. The predicted molar refractivity (Wildman–Crippen MR) is 68.4 cm³/mol. The topological polar surface area (TPSA) is 79.4 Å². The van der Waals surface area contributed by atoms with Crippen molar-refractivity contribution in [2.45, 2.75) is 33.2 Å².